The number of aliphatic hydroxyl groups excluding tert-OH is 1. The molecule has 0 aliphatic heterocycles. The first-order valence-corrected chi connectivity index (χ1v) is 8.21. The zero-order valence-electron chi connectivity index (χ0n) is 13.2. The molecule has 0 bridgehead atoms. The highest BCUT2D eigenvalue weighted by Crippen LogP contribution is 2.28. The molecule has 2 heterocycles. The molecule has 4 rings (SSSR count). The van der Waals surface area contributed by atoms with Crippen LogP contribution in [0, 0.1) is 5.92 Å². The Labute approximate surface area is 139 Å². The van der Waals surface area contributed by atoms with Crippen molar-refractivity contribution in [2.24, 2.45) is 5.92 Å². The quantitative estimate of drug-likeness (QED) is 0.686. The van der Waals surface area contributed by atoms with Gasteiger partial charge in [-0.3, -0.25) is 4.79 Å². The molecule has 24 heavy (non-hydrogen) atoms. The number of aliphatic hydroxyl groups is 1. The highest BCUT2D eigenvalue weighted by Gasteiger charge is 2.34. The van der Waals surface area contributed by atoms with E-state index in [0.717, 1.165) is 23.9 Å². The number of carbonyl (C=O) groups excluding carboxylic acids is 1. The lowest BCUT2D eigenvalue weighted by Crippen LogP contribution is -2.39. The SMILES string of the molecule is O=C(N[C@@H]1CC(Cn2ccnc2)C[C@H]1O)c1ccc2[nH]ccc2c1. The average molecular weight is 324 g/mol. The zero-order chi connectivity index (χ0) is 16.5. The fourth-order valence-corrected chi connectivity index (χ4v) is 3.56. The molecule has 1 fully saturated rings. The van der Waals surface area contributed by atoms with E-state index in [4.69, 9.17) is 0 Å². The van der Waals surface area contributed by atoms with Gasteiger partial charge in [0, 0.05) is 41.6 Å². The molecular formula is C18H20N4O2. The number of hydrogen-bond acceptors (Lipinski definition) is 3. The molecule has 6 nitrogen and oxygen atoms in total. The van der Waals surface area contributed by atoms with Gasteiger partial charge in [-0.25, -0.2) is 4.98 Å². The maximum Gasteiger partial charge on any atom is 0.251 e. The van der Waals surface area contributed by atoms with Crippen LogP contribution in [-0.2, 0) is 6.54 Å². The molecule has 3 N–H and O–H groups in total. The second-order valence-corrected chi connectivity index (χ2v) is 6.52. The number of H-pyrrole nitrogens is 1. The first-order valence-electron chi connectivity index (χ1n) is 8.21. The minimum Gasteiger partial charge on any atom is -0.391 e. The molecule has 1 aliphatic carbocycles. The molecule has 2 aromatic heterocycles. The van der Waals surface area contributed by atoms with Crippen LogP contribution >= 0.6 is 0 Å². The molecule has 0 radical (unpaired) electrons. The monoisotopic (exact) mass is 324 g/mol. The van der Waals surface area contributed by atoms with E-state index in [-0.39, 0.29) is 11.9 Å². The summed E-state index contributed by atoms with van der Waals surface area (Å²) in [7, 11) is 0. The molecule has 0 spiro atoms. The molecule has 1 amide bonds. The van der Waals surface area contributed by atoms with Crippen molar-refractivity contribution in [2.45, 2.75) is 31.5 Å². The number of nitrogens with zero attached hydrogens (tertiary/aromatic N) is 2. The van der Waals surface area contributed by atoms with E-state index in [1.807, 2.05) is 35.2 Å². The molecular weight excluding hydrogens is 304 g/mol. The number of aromatic amines is 1. The standard InChI is InChI=1S/C18H20N4O2/c23-17-8-12(10-22-6-5-19-11-22)7-16(17)21-18(24)14-1-2-15-13(9-14)3-4-20-15/h1-6,9,11-12,16-17,20,23H,7-8,10H2,(H,21,24)/t12?,16-,17-/m1/s1. The minimum absolute atomic E-state index is 0.134. The van der Waals surface area contributed by atoms with E-state index in [0.29, 0.717) is 17.9 Å². The normalized spacial score (nSPS) is 23.6. The lowest BCUT2D eigenvalue weighted by atomic mass is 10.1. The van der Waals surface area contributed by atoms with Gasteiger partial charge in [-0.05, 0) is 43.0 Å². The Balaban J connectivity index is 1.41. The number of benzene rings is 1. The van der Waals surface area contributed by atoms with E-state index >= 15 is 0 Å². The summed E-state index contributed by atoms with van der Waals surface area (Å²) in [5.41, 5.74) is 1.63. The van der Waals surface area contributed by atoms with Crippen molar-refractivity contribution in [2.75, 3.05) is 0 Å². The molecule has 1 unspecified atom stereocenters. The third-order valence-corrected chi connectivity index (χ3v) is 4.79. The molecule has 1 saturated carbocycles. The van der Waals surface area contributed by atoms with Gasteiger partial charge in [-0.15, -0.1) is 0 Å². The molecule has 1 aromatic carbocycles. The van der Waals surface area contributed by atoms with Crippen molar-refractivity contribution in [1.82, 2.24) is 19.9 Å². The molecule has 6 heteroatoms. The Bertz CT molecular complexity index is 840. The summed E-state index contributed by atoms with van der Waals surface area (Å²) >= 11 is 0. The van der Waals surface area contributed by atoms with Crippen molar-refractivity contribution >= 4 is 16.8 Å². The second kappa shape index (κ2) is 6.13. The Kier molecular flexibility index (Phi) is 3.82. The maximum absolute atomic E-state index is 12.5. The first-order chi connectivity index (χ1) is 11.7. The highest BCUT2D eigenvalue weighted by atomic mass is 16.3. The van der Waals surface area contributed by atoms with Crippen molar-refractivity contribution in [1.29, 1.82) is 0 Å². The number of rotatable bonds is 4. The van der Waals surface area contributed by atoms with Gasteiger partial charge in [0.1, 0.15) is 0 Å². The number of imidazole rings is 1. The van der Waals surface area contributed by atoms with Crippen LogP contribution < -0.4 is 5.32 Å². The smallest absolute Gasteiger partial charge is 0.251 e. The first kappa shape index (κ1) is 15.0. The Morgan fingerprint density at radius 3 is 3.12 bits per heavy atom. The summed E-state index contributed by atoms with van der Waals surface area (Å²) < 4.78 is 2.02. The summed E-state index contributed by atoms with van der Waals surface area (Å²) in [6.07, 6.45) is 8.28. The number of fused-ring (bicyclic) bond motifs is 1. The number of hydrogen-bond donors (Lipinski definition) is 3. The molecule has 0 saturated heterocycles. The van der Waals surface area contributed by atoms with E-state index in [9.17, 15) is 9.90 Å². The predicted molar refractivity (Wildman–Crippen MR) is 90.5 cm³/mol. The Hall–Kier alpha value is -2.60. The fourth-order valence-electron chi connectivity index (χ4n) is 3.56. The van der Waals surface area contributed by atoms with Gasteiger partial charge in [0.2, 0.25) is 0 Å². The molecule has 1 aliphatic rings. The fraction of sp³-hybridized carbons (Fsp3) is 0.333. The lowest BCUT2D eigenvalue weighted by Gasteiger charge is -2.16. The molecule has 124 valence electrons. The van der Waals surface area contributed by atoms with E-state index in [1.54, 1.807) is 18.6 Å². The van der Waals surface area contributed by atoms with Crippen LogP contribution in [0.25, 0.3) is 10.9 Å². The van der Waals surface area contributed by atoms with Crippen LogP contribution in [0.4, 0.5) is 0 Å². The summed E-state index contributed by atoms with van der Waals surface area (Å²) in [6, 6.07) is 7.31. The van der Waals surface area contributed by atoms with Crippen LogP contribution in [-0.4, -0.2) is 37.7 Å². The summed E-state index contributed by atoms with van der Waals surface area (Å²) in [5.74, 6) is 0.206. The van der Waals surface area contributed by atoms with Crippen LogP contribution in [0.15, 0.2) is 49.2 Å². The third kappa shape index (κ3) is 2.92. The van der Waals surface area contributed by atoms with E-state index in [1.165, 1.54) is 0 Å². The Morgan fingerprint density at radius 2 is 2.29 bits per heavy atom. The largest absolute Gasteiger partial charge is 0.391 e. The van der Waals surface area contributed by atoms with Crippen molar-refractivity contribution in [3.05, 3.63) is 54.7 Å². The topological polar surface area (TPSA) is 82.9 Å². The van der Waals surface area contributed by atoms with Crippen LogP contribution in [0.1, 0.15) is 23.2 Å². The summed E-state index contributed by atoms with van der Waals surface area (Å²) in [4.78, 5) is 19.6. The summed E-state index contributed by atoms with van der Waals surface area (Å²) in [6.45, 7) is 0.818. The Morgan fingerprint density at radius 1 is 1.38 bits per heavy atom. The molecule has 3 atom stereocenters. The summed E-state index contributed by atoms with van der Waals surface area (Å²) in [5, 5.41) is 14.3. The van der Waals surface area contributed by atoms with Crippen molar-refractivity contribution in [3.8, 4) is 0 Å². The number of aromatic nitrogens is 3. The number of carbonyl (C=O) groups is 1. The highest BCUT2D eigenvalue weighted by molar-refractivity contribution is 5.98. The van der Waals surface area contributed by atoms with Gasteiger partial charge in [-0.1, -0.05) is 0 Å². The number of amides is 1. The van der Waals surface area contributed by atoms with Crippen LogP contribution in [0.2, 0.25) is 0 Å². The second-order valence-electron chi connectivity index (χ2n) is 6.52. The van der Waals surface area contributed by atoms with Crippen molar-refractivity contribution in [3.63, 3.8) is 0 Å². The van der Waals surface area contributed by atoms with Gasteiger partial charge in [-0.2, -0.15) is 0 Å². The maximum atomic E-state index is 12.5. The van der Waals surface area contributed by atoms with Gasteiger partial charge in [0.15, 0.2) is 0 Å². The zero-order valence-corrected chi connectivity index (χ0v) is 13.2. The van der Waals surface area contributed by atoms with Crippen LogP contribution in [0.3, 0.4) is 0 Å². The van der Waals surface area contributed by atoms with E-state index in [2.05, 4.69) is 15.3 Å². The van der Waals surface area contributed by atoms with Gasteiger partial charge in [0.25, 0.3) is 5.91 Å². The lowest BCUT2D eigenvalue weighted by molar-refractivity contribution is 0.0873. The van der Waals surface area contributed by atoms with Gasteiger partial charge in [0.05, 0.1) is 18.5 Å². The van der Waals surface area contributed by atoms with Gasteiger partial charge < -0.3 is 20.0 Å². The molecule has 3 aromatic rings. The predicted octanol–water partition coefficient (Wildman–Crippen LogP) is 1.93. The van der Waals surface area contributed by atoms with Gasteiger partial charge >= 0.3 is 0 Å². The number of nitrogens with one attached hydrogen (secondary N) is 2. The average Bonchev–Trinajstić information content (AvgIpc) is 3.29. The van der Waals surface area contributed by atoms with E-state index < -0.39 is 6.10 Å². The third-order valence-electron chi connectivity index (χ3n) is 4.79. The van der Waals surface area contributed by atoms with Crippen molar-refractivity contribution < 1.29 is 9.90 Å². The minimum atomic E-state index is -0.501. The van der Waals surface area contributed by atoms with Crippen LogP contribution in [0.5, 0.6) is 0 Å².